The van der Waals surface area contributed by atoms with Crippen LogP contribution in [0.2, 0.25) is 0 Å². The van der Waals surface area contributed by atoms with Crippen LogP contribution in [0.25, 0.3) is 0 Å². The number of hydrogen-bond acceptors (Lipinski definition) is 4. The van der Waals surface area contributed by atoms with Crippen molar-refractivity contribution in [1.82, 2.24) is 9.55 Å². The van der Waals surface area contributed by atoms with E-state index in [1.165, 1.54) is 6.07 Å². The van der Waals surface area contributed by atoms with Gasteiger partial charge in [0, 0.05) is 11.5 Å². The van der Waals surface area contributed by atoms with E-state index >= 15 is 0 Å². The van der Waals surface area contributed by atoms with Gasteiger partial charge >= 0.3 is 0 Å². The number of carbonyl (C=O) groups excluding carboxylic acids is 1. The second-order valence-corrected chi connectivity index (χ2v) is 4.76. The molecule has 0 fully saturated rings. The first-order chi connectivity index (χ1) is 7.92. The van der Waals surface area contributed by atoms with Crippen molar-refractivity contribution in [3.8, 4) is 0 Å². The normalized spacial score (nSPS) is 18.2. The standard InChI is InChI=1S/C11H15N3O3/c1-11(2)6-17-4-3-14-8(15)5-7(9(12)16)13-10(11)14/h5H,3-4,6H2,1-2H3,(H2,12,16). The Morgan fingerprint density at radius 2 is 2.29 bits per heavy atom. The monoisotopic (exact) mass is 237 g/mol. The number of nitrogens with zero attached hydrogens (tertiary/aromatic N) is 2. The van der Waals surface area contributed by atoms with Crippen LogP contribution in [-0.2, 0) is 16.7 Å². The molecule has 0 unspecified atom stereocenters. The zero-order chi connectivity index (χ0) is 12.6. The summed E-state index contributed by atoms with van der Waals surface area (Å²) in [6, 6.07) is 1.17. The molecule has 0 saturated carbocycles. The summed E-state index contributed by atoms with van der Waals surface area (Å²) in [6.07, 6.45) is 0. The molecule has 0 atom stereocenters. The Labute approximate surface area is 98.4 Å². The van der Waals surface area contributed by atoms with E-state index in [4.69, 9.17) is 10.5 Å². The predicted molar refractivity (Wildman–Crippen MR) is 60.9 cm³/mol. The van der Waals surface area contributed by atoms with Crippen molar-refractivity contribution in [2.24, 2.45) is 5.73 Å². The molecular weight excluding hydrogens is 222 g/mol. The number of aromatic nitrogens is 2. The van der Waals surface area contributed by atoms with Gasteiger partial charge in [0.2, 0.25) is 0 Å². The Morgan fingerprint density at radius 3 is 2.94 bits per heavy atom. The van der Waals surface area contributed by atoms with Gasteiger partial charge in [0.15, 0.2) is 0 Å². The first-order valence-electron chi connectivity index (χ1n) is 5.42. The summed E-state index contributed by atoms with van der Waals surface area (Å²) < 4.78 is 6.97. The molecule has 17 heavy (non-hydrogen) atoms. The molecule has 0 aromatic carbocycles. The second kappa shape index (κ2) is 3.96. The minimum Gasteiger partial charge on any atom is -0.379 e. The Bertz CT molecular complexity index is 519. The van der Waals surface area contributed by atoms with Crippen LogP contribution in [0.3, 0.4) is 0 Å². The maximum absolute atomic E-state index is 11.9. The number of rotatable bonds is 1. The van der Waals surface area contributed by atoms with Crippen LogP contribution < -0.4 is 11.3 Å². The lowest BCUT2D eigenvalue weighted by Crippen LogP contribution is -2.35. The highest BCUT2D eigenvalue weighted by atomic mass is 16.5. The Balaban J connectivity index is 2.68. The largest absolute Gasteiger partial charge is 0.379 e. The third-order valence-electron chi connectivity index (χ3n) is 2.79. The topological polar surface area (TPSA) is 87.2 Å². The number of hydrogen-bond donors (Lipinski definition) is 1. The summed E-state index contributed by atoms with van der Waals surface area (Å²) in [5.41, 5.74) is 4.50. The summed E-state index contributed by atoms with van der Waals surface area (Å²) in [5.74, 6) is -0.136. The lowest BCUT2D eigenvalue weighted by atomic mass is 9.93. The number of ether oxygens (including phenoxy) is 1. The lowest BCUT2D eigenvalue weighted by molar-refractivity contribution is 0.0989. The summed E-state index contributed by atoms with van der Waals surface area (Å²) in [6.45, 7) is 5.21. The number of carbonyl (C=O) groups is 1. The molecule has 1 aromatic rings. The molecule has 2 N–H and O–H groups in total. The highest BCUT2D eigenvalue weighted by Gasteiger charge is 2.30. The minimum absolute atomic E-state index is 0.0104. The molecule has 1 aromatic heterocycles. The summed E-state index contributed by atoms with van der Waals surface area (Å²) in [4.78, 5) is 27.2. The van der Waals surface area contributed by atoms with E-state index < -0.39 is 11.3 Å². The average Bonchev–Trinajstić information content (AvgIpc) is 2.38. The van der Waals surface area contributed by atoms with Crippen molar-refractivity contribution in [1.29, 1.82) is 0 Å². The van der Waals surface area contributed by atoms with E-state index in [2.05, 4.69) is 4.98 Å². The summed E-state index contributed by atoms with van der Waals surface area (Å²) in [5, 5.41) is 0. The van der Waals surface area contributed by atoms with E-state index in [-0.39, 0.29) is 11.3 Å². The quantitative estimate of drug-likeness (QED) is 0.723. The van der Waals surface area contributed by atoms with Crippen LogP contribution in [0.1, 0.15) is 30.2 Å². The fraction of sp³-hybridized carbons (Fsp3) is 0.545. The molecule has 0 bridgehead atoms. The molecule has 6 nitrogen and oxygen atoms in total. The van der Waals surface area contributed by atoms with E-state index in [0.29, 0.717) is 25.6 Å². The lowest BCUT2D eigenvalue weighted by Gasteiger charge is -2.23. The van der Waals surface area contributed by atoms with Gasteiger partial charge in [-0.05, 0) is 0 Å². The molecule has 0 spiro atoms. The Kier molecular flexibility index (Phi) is 2.74. The smallest absolute Gasteiger partial charge is 0.267 e. The van der Waals surface area contributed by atoms with Gasteiger partial charge in [-0.2, -0.15) is 0 Å². The maximum Gasteiger partial charge on any atom is 0.267 e. The van der Waals surface area contributed by atoms with Gasteiger partial charge in [0.25, 0.3) is 11.5 Å². The molecule has 6 heteroatoms. The molecule has 0 aliphatic carbocycles. The minimum atomic E-state index is -0.688. The number of primary amides is 1. The molecule has 1 amide bonds. The molecule has 2 heterocycles. The van der Waals surface area contributed by atoms with E-state index in [1.807, 2.05) is 13.8 Å². The highest BCUT2D eigenvalue weighted by molar-refractivity contribution is 5.90. The van der Waals surface area contributed by atoms with Crippen molar-refractivity contribution in [3.05, 3.63) is 27.9 Å². The number of nitrogens with two attached hydrogens (primary N) is 1. The third kappa shape index (κ3) is 2.08. The molecule has 0 radical (unpaired) electrons. The SMILES string of the molecule is CC1(C)COCCn2c1nc(C(N)=O)cc2=O. The van der Waals surface area contributed by atoms with Gasteiger partial charge in [0.05, 0.1) is 19.8 Å². The van der Waals surface area contributed by atoms with Crippen molar-refractivity contribution in [2.45, 2.75) is 25.8 Å². The van der Waals surface area contributed by atoms with Crippen molar-refractivity contribution in [2.75, 3.05) is 13.2 Å². The van der Waals surface area contributed by atoms with Gasteiger partial charge in [-0.1, -0.05) is 13.8 Å². The Morgan fingerprint density at radius 1 is 1.59 bits per heavy atom. The van der Waals surface area contributed by atoms with Crippen LogP contribution in [0, 0.1) is 0 Å². The van der Waals surface area contributed by atoms with Crippen LogP contribution in [0.15, 0.2) is 10.9 Å². The van der Waals surface area contributed by atoms with Crippen LogP contribution in [0.5, 0.6) is 0 Å². The first-order valence-corrected chi connectivity index (χ1v) is 5.42. The molecular formula is C11H15N3O3. The van der Waals surface area contributed by atoms with Crippen molar-refractivity contribution >= 4 is 5.91 Å². The Hall–Kier alpha value is -1.69. The summed E-state index contributed by atoms with van der Waals surface area (Å²) in [7, 11) is 0. The molecule has 1 aliphatic heterocycles. The molecule has 2 rings (SSSR count). The fourth-order valence-corrected chi connectivity index (χ4v) is 1.91. The zero-order valence-electron chi connectivity index (χ0n) is 9.90. The van der Waals surface area contributed by atoms with Crippen LogP contribution in [0.4, 0.5) is 0 Å². The van der Waals surface area contributed by atoms with Gasteiger partial charge in [-0.3, -0.25) is 14.2 Å². The third-order valence-corrected chi connectivity index (χ3v) is 2.79. The zero-order valence-corrected chi connectivity index (χ0v) is 9.90. The van der Waals surface area contributed by atoms with E-state index in [0.717, 1.165) is 0 Å². The van der Waals surface area contributed by atoms with Crippen LogP contribution in [-0.4, -0.2) is 28.7 Å². The first kappa shape index (κ1) is 11.8. The average molecular weight is 237 g/mol. The number of fused-ring (bicyclic) bond motifs is 1. The van der Waals surface area contributed by atoms with Crippen LogP contribution >= 0.6 is 0 Å². The van der Waals surface area contributed by atoms with Crippen molar-refractivity contribution < 1.29 is 9.53 Å². The van der Waals surface area contributed by atoms with Gasteiger partial charge in [0.1, 0.15) is 11.5 Å². The number of amides is 1. The molecule has 92 valence electrons. The highest BCUT2D eigenvalue weighted by Crippen LogP contribution is 2.23. The summed E-state index contributed by atoms with van der Waals surface area (Å²) >= 11 is 0. The van der Waals surface area contributed by atoms with E-state index in [9.17, 15) is 9.59 Å². The van der Waals surface area contributed by atoms with Gasteiger partial charge in [-0.25, -0.2) is 4.98 Å². The second-order valence-electron chi connectivity index (χ2n) is 4.76. The van der Waals surface area contributed by atoms with Crippen molar-refractivity contribution in [3.63, 3.8) is 0 Å². The molecule has 1 aliphatic rings. The predicted octanol–water partition coefficient (Wildman–Crippen LogP) is -0.350. The fourth-order valence-electron chi connectivity index (χ4n) is 1.91. The van der Waals surface area contributed by atoms with Gasteiger partial charge < -0.3 is 10.5 Å². The van der Waals surface area contributed by atoms with E-state index in [1.54, 1.807) is 4.57 Å². The van der Waals surface area contributed by atoms with Gasteiger partial charge in [-0.15, -0.1) is 0 Å². The maximum atomic E-state index is 11.9. The molecule has 0 saturated heterocycles.